The third-order valence-corrected chi connectivity index (χ3v) is 3.30. The highest BCUT2D eigenvalue weighted by molar-refractivity contribution is 6.45. The molecule has 1 aromatic heterocycles. The van der Waals surface area contributed by atoms with Crippen molar-refractivity contribution in [2.75, 3.05) is 0 Å². The smallest absolute Gasteiger partial charge is 0.0718 e. The number of aromatic nitrogens is 1. The number of hydrogen-bond donors (Lipinski definition) is 1. The van der Waals surface area contributed by atoms with Gasteiger partial charge in [-0.05, 0) is 23.8 Å². The molecule has 0 aliphatic heterocycles. The van der Waals surface area contributed by atoms with E-state index in [1.165, 1.54) is 0 Å². The molecule has 0 aliphatic rings. The predicted octanol–water partition coefficient (Wildman–Crippen LogP) is 4.20. The summed E-state index contributed by atoms with van der Waals surface area (Å²) in [4.78, 5) is 4.20. The number of benzene rings is 1. The first-order valence-corrected chi connectivity index (χ1v) is 5.96. The minimum absolute atomic E-state index is 0.0443. The Labute approximate surface area is 114 Å². The summed E-state index contributed by atoms with van der Waals surface area (Å²) in [7, 11) is 0. The number of hydrogen-bond acceptors (Lipinski definition) is 2. The lowest BCUT2D eigenvalue weighted by molar-refractivity contribution is 0.281. The highest BCUT2D eigenvalue weighted by atomic mass is 35.5. The van der Waals surface area contributed by atoms with Crippen molar-refractivity contribution in [3.05, 3.63) is 51.1 Å². The largest absolute Gasteiger partial charge is 0.392 e. The van der Waals surface area contributed by atoms with E-state index in [9.17, 15) is 0 Å². The van der Waals surface area contributed by atoms with Gasteiger partial charge in [0, 0.05) is 16.8 Å². The first-order chi connectivity index (χ1) is 8.11. The number of aliphatic hydroxyl groups excluding tert-OH is 1. The van der Waals surface area contributed by atoms with Crippen molar-refractivity contribution in [3.63, 3.8) is 0 Å². The lowest BCUT2D eigenvalue weighted by Crippen LogP contribution is -1.89. The second-order valence-electron chi connectivity index (χ2n) is 3.46. The van der Waals surface area contributed by atoms with Crippen LogP contribution in [0.4, 0.5) is 0 Å². The molecule has 0 unspecified atom stereocenters. The number of rotatable bonds is 2. The summed E-state index contributed by atoms with van der Waals surface area (Å²) in [6.07, 6.45) is 1.58. The van der Waals surface area contributed by atoms with Crippen LogP contribution in [-0.4, -0.2) is 10.1 Å². The number of halogens is 3. The van der Waals surface area contributed by atoms with E-state index in [0.717, 1.165) is 5.56 Å². The summed E-state index contributed by atoms with van der Waals surface area (Å²) in [5.74, 6) is 0. The summed E-state index contributed by atoms with van der Waals surface area (Å²) in [6, 6.07) is 6.82. The second kappa shape index (κ2) is 5.23. The molecular formula is C12H8Cl3NO. The zero-order chi connectivity index (χ0) is 12.4. The van der Waals surface area contributed by atoms with Crippen LogP contribution >= 0.6 is 34.8 Å². The Morgan fingerprint density at radius 2 is 1.88 bits per heavy atom. The molecule has 5 heteroatoms. The van der Waals surface area contributed by atoms with Crippen LogP contribution in [0, 0.1) is 0 Å². The van der Waals surface area contributed by atoms with Gasteiger partial charge in [-0.25, -0.2) is 0 Å². The van der Waals surface area contributed by atoms with Crippen LogP contribution in [0.15, 0.2) is 30.5 Å². The summed E-state index contributed by atoms with van der Waals surface area (Å²) >= 11 is 18.0. The van der Waals surface area contributed by atoms with Crippen LogP contribution in [0.2, 0.25) is 15.1 Å². The SMILES string of the molecule is OCc1ccc(-c2cc(Cl)cc(Cl)c2Cl)nc1. The van der Waals surface area contributed by atoms with Crippen molar-refractivity contribution in [2.24, 2.45) is 0 Å². The Hall–Kier alpha value is -0.800. The molecule has 0 saturated carbocycles. The molecule has 2 nitrogen and oxygen atoms in total. The van der Waals surface area contributed by atoms with Gasteiger partial charge >= 0.3 is 0 Å². The monoisotopic (exact) mass is 287 g/mol. The van der Waals surface area contributed by atoms with Gasteiger partial charge in [0.15, 0.2) is 0 Å². The molecule has 0 bridgehead atoms. The first kappa shape index (κ1) is 12.7. The quantitative estimate of drug-likeness (QED) is 0.840. The molecule has 1 aromatic carbocycles. The van der Waals surface area contributed by atoms with E-state index in [4.69, 9.17) is 39.9 Å². The normalized spacial score (nSPS) is 10.6. The fourth-order valence-electron chi connectivity index (χ4n) is 1.42. The van der Waals surface area contributed by atoms with Crippen molar-refractivity contribution >= 4 is 34.8 Å². The van der Waals surface area contributed by atoms with Gasteiger partial charge in [0.25, 0.3) is 0 Å². The molecule has 0 fully saturated rings. The van der Waals surface area contributed by atoms with E-state index in [-0.39, 0.29) is 6.61 Å². The molecule has 2 aromatic rings. The molecule has 88 valence electrons. The van der Waals surface area contributed by atoms with E-state index in [1.807, 2.05) is 0 Å². The average Bonchev–Trinajstić information content (AvgIpc) is 2.34. The highest BCUT2D eigenvalue weighted by Gasteiger charge is 2.10. The Morgan fingerprint density at radius 1 is 1.12 bits per heavy atom. The topological polar surface area (TPSA) is 33.1 Å². The van der Waals surface area contributed by atoms with Gasteiger partial charge in [0.1, 0.15) is 0 Å². The molecule has 0 atom stereocenters. The Balaban J connectivity index is 2.52. The maximum Gasteiger partial charge on any atom is 0.0718 e. The van der Waals surface area contributed by atoms with Crippen LogP contribution in [0.5, 0.6) is 0 Å². The van der Waals surface area contributed by atoms with Gasteiger partial charge in [-0.15, -0.1) is 0 Å². The molecule has 0 saturated heterocycles. The molecule has 0 amide bonds. The Kier molecular flexibility index (Phi) is 3.89. The van der Waals surface area contributed by atoms with Crippen LogP contribution < -0.4 is 0 Å². The third-order valence-electron chi connectivity index (χ3n) is 2.28. The minimum atomic E-state index is -0.0443. The minimum Gasteiger partial charge on any atom is -0.392 e. The zero-order valence-corrected chi connectivity index (χ0v) is 10.9. The summed E-state index contributed by atoms with van der Waals surface area (Å²) < 4.78 is 0. The fraction of sp³-hybridized carbons (Fsp3) is 0.0833. The third kappa shape index (κ3) is 2.72. The van der Waals surface area contributed by atoms with Gasteiger partial charge in [0.2, 0.25) is 0 Å². The van der Waals surface area contributed by atoms with Gasteiger partial charge in [-0.1, -0.05) is 40.9 Å². The van der Waals surface area contributed by atoms with E-state index in [0.29, 0.717) is 26.3 Å². The van der Waals surface area contributed by atoms with Crippen molar-refractivity contribution in [1.29, 1.82) is 0 Å². The molecule has 2 rings (SSSR count). The van der Waals surface area contributed by atoms with E-state index >= 15 is 0 Å². The summed E-state index contributed by atoms with van der Waals surface area (Å²) in [6.45, 7) is -0.0443. The summed E-state index contributed by atoms with van der Waals surface area (Å²) in [5, 5.41) is 10.2. The van der Waals surface area contributed by atoms with Crippen molar-refractivity contribution in [2.45, 2.75) is 6.61 Å². The van der Waals surface area contributed by atoms with Crippen molar-refractivity contribution < 1.29 is 5.11 Å². The average molecular weight is 289 g/mol. The van der Waals surface area contributed by atoms with Gasteiger partial charge in [-0.2, -0.15) is 0 Å². The Bertz CT molecular complexity index is 540. The van der Waals surface area contributed by atoms with Crippen LogP contribution in [0.25, 0.3) is 11.3 Å². The lowest BCUT2D eigenvalue weighted by atomic mass is 10.1. The van der Waals surface area contributed by atoms with E-state index < -0.39 is 0 Å². The van der Waals surface area contributed by atoms with Gasteiger partial charge in [0.05, 0.1) is 22.3 Å². The number of nitrogens with zero attached hydrogens (tertiary/aromatic N) is 1. The molecular weight excluding hydrogens is 280 g/mol. The molecule has 0 spiro atoms. The summed E-state index contributed by atoms with van der Waals surface area (Å²) in [5.41, 5.74) is 2.07. The van der Waals surface area contributed by atoms with E-state index in [2.05, 4.69) is 4.98 Å². The van der Waals surface area contributed by atoms with E-state index in [1.54, 1.807) is 30.5 Å². The van der Waals surface area contributed by atoms with Crippen LogP contribution in [0.3, 0.4) is 0 Å². The van der Waals surface area contributed by atoms with Crippen LogP contribution in [-0.2, 0) is 6.61 Å². The standard InChI is InChI=1S/C12H8Cl3NO/c13-8-3-9(12(15)10(14)4-8)11-2-1-7(6-17)5-16-11/h1-5,17H,6H2. The maximum atomic E-state index is 8.93. The first-order valence-electron chi connectivity index (χ1n) is 4.82. The maximum absolute atomic E-state index is 8.93. The molecule has 0 aliphatic carbocycles. The molecule has 1 heterocycles. The number of pyridine rings is 1. The van der Waals surface area contributed by atoms with Crippen molar-refractivity contribution in [1.82, 2.24) is 4.98 Å². The number of aliphatic hydroxyl groups is 1. The lowest BCUT2D eigenvalue weighted by Gasteiger charge is -2.07. The fourth-order valence-corrected chi connectivity index (χ4v) is 2.12. The van der Waals surface area contributed by atoms with Crippen LogP contribution in [0.1, 0.15) is 5.56 Å². The second-order valence-corrected chi connectivity index (χ2v) is 4.68. The van der Waals surface area contributed by atoms with Gasteiger partial charge in [-0.3, -0.25) is 4.98 Å². The predicted molar refractivity (Wildman–Crippen MR) is 70.6 cm³/mol. The molecule has 17 heavy (non-hydrogen) atoms. The highest BCUT2D eigenvalue weighted by Crippen LogP contribution is 2.35. The van der Waals surface area contributed by atoms with Crippen molar-refractivity contribution in [3.8, 4) is 11.3 Å². The van der Waals surface area contributed by atoms with Gasteiger partial charge < -0.3 is 5.11 Å². The Morgan fingerprint density at radius 3 is 2.47 bits per heavy atom. The molecule has 1 N–H and O–H groups in total. The molecule has 0 radical (unpaired) electrons. The zero-order valence-electron chi connectivity index (χ0n) is 8.62.